The molecule has 0 aromatic carbocycles. The van der Waals surface area contributed by atoms with Gasteiger partial charge in [0.05, 0.1) is 6.04 Å². The van der Waals surface area contributed by atoms with Crippen molar-refractivity contribution in [2.45, 2.75) is 43.7 Å². The van der Waals surface area contributed by atoms with Gasteiger partial charge in [0.15, 0.2) is 5.78 Å². The molecule has 3 heterocycles. The van der Waals surface area contributed by atoms with Gasteiger partial charge in [-0.05, 0) is 18.9 Å². The fourth-order valence-corrected chi connectivity index (χ4v) is 4.43. The fourth-order valence-electron chi connectivity index (χ4n) is 4.43. The van der Waals surface area contributed by atoms with E-state index in [2.05, 4.69) is 25.1 Å². The van der Waals surface area contributed by atoms with Crippen LogP contribution >= 0.6 is 0 Å². The summed E-state index contributed by atoms with van der Waals surface area (Å²) < 4.78 is 26.8. The number of aromatic nitrogens is 2. The zero-order valence-corrected chi connectivity index (χ0v) is 14.8. The number of carbonyl (C=O) groups excluding carboxylic acids is 1. The quantitative estimate of drug-likeness (QED) is 0.869. The molecule has 4 rings (SSSR count). The van der Waals surface area contributed by atoms with E-state index in [1.807, 2.05) is 0 Å². The van der Waals surface area contributed by atoms with Crippen molar-refractivity contribution in [3.8, 4) is 0 Å². The molecule has 3 atom stereocenters. The predicted molar refractivity (Wildman–Crippen MR) is 93.3 cm³/mol. The summed E-state index contributed by atoms with van der Waals surface area (Å²) in [6.45, 7) is 4.25. The van der Waals surface area contributed by atoms with Gasteiger partial charge in [0.1, 0.15) is 0 Å². The minimum Gasteiger partial charge on any atom is -0.338 e. The zero-order valence-electron chi connectivity index (χ0n) is 14.8. The molecular weight excluding hydrogens is 340 g/mol. The van der Waals surface area contributed by atoms with Gasteiger partial charge in [-0.25, -0.2) is 18.7 Å². The second-order valence-electron chi connectivity index (χ2n) is 7.62. The molecule has 0 amide bonds. The van der Waals surface area contributed by atoms with Crippen LogP contribution in [0.5, 0.6) is 0 Å². The van der Waals surface area contributed by atoms with Crippen LogP contribution in [0.4, 0.5) is 14.7 Å². The zero-order chi connectivity index (χ0) is 18.1. The number of Topliss-reactive ketones (excluding diaryl/α,β-unsaturated/α-hetero) is 1. The van der Waals surface area contributed by atoms with Gasteiger partial charge in [0, 0.05) is 69.9 Å². The first-order valence-corrected chi connectivity index (χ1v) is 9.43. The summed E-state index contributed by atoms with van der Waals surface area (Å²) in [5.74, 6) is -2.39. The number of halogens is 2. The van der Waals surface area contributed by atoms with Gasteiger partial charge < -0.3 is 10.2 Å². The number of hydrogen-bond acceptors (Lipinski definition) is 6. The molecule has 142 valence electrons. The lowest BCUT2D eigenvalue weighted by atomic mass is 9.94. The minimum atomic E-state index is -2.66. The van der Waals surface area contributed by atoms with Crippen molar-refractivity contribution in [2.24, 2.45) is 5.92 Å². The molecule has 2 aliphatic heterocycles. The summed E-state index contributed by atoms with van der Waals surface area (Å²) in [5, 5.41) is 3.28. The average Bonchev–Trinajstić information content (AvgIpc) is 3.29. The number of anilines is 1. The molecule has 6 nitrogen and oxygen atoms in total. The van der Waals surface area contributed by atoms with Gasteiger partial charge in [-0.1, -0.05) is 0 Å². The van der Waals surface area contributed by atoms with Crippen LogP contribution in [0.25, 0.3) is 0 Å². The van der Waals surface area contributed by atoms with Crippen LogP contribution in [-0.2, 0) is 4.79 Å². The molecule has 0 radical (unpaired) electrons. The van der Waals surface area contributed by atoms with Crippen LogP contribution in [0.3, 0.4) is 0 Å². The second kappa shape index (κ2) is 7.15. The summed E-state index contributed by atoms with van der Waals surface area (Å²) in [4.78, 5) is 25.7. The number of ketones is 1. The van der Waals surface area contributed by atoms with Crippen molar-refractivity contribution in [1.82, 2.24) is 20.2 Å². The molecule has 1 N–H and O–H groups in total. The highest BCUT2D eigenvalue weighted by atomic mass is 19.3. The van der Waals surface area contributed by atoms with E-state index in [4.69, 9.17) is 0 Å². The van der Waals surface area contributed by atoms with E-state index in [-0.39, 0.29) is 24.7 Å². The number of alkyl halides is 2. The van der Waals surface area contributed by atoms with E-state index in [1.165, 1.54) is 0 Å². The van der Waals surface area contributed by atoms with E-state index in [9.17, 15) is 13.6 Å². The fraction of sp³-hybridized carbons (Fsp3) is 0.722. The highest BCUT2D eigenvalue weighted by molar-refractivity contribution is 5.87. The number of rotatable bonds is 4. The molecule has 1 aromatic rings. The van der Waals surface area contributed by atoms with Gasteiger partial charge in [-0.3, -0.25) is 9.69 Å². The Bertz CT molecular complexity index is 636. The third-order valence-corrected chi connectivity index (χ3v) is 5.92. The third-order valence-electron chi connectivity index (χ3n) is 5.92. The Morgan fingerprint density at radius 3 is 2.58 bits per heavy atom. The first-order chi connectivity index (χ1) is 12.5. The van der Waals surface area contributed by atoms with Crippen LogP contribution in [0, 0.1) is 5.92 Å². The minimum absolute atomic E-state index is 0.0130. The lowest BCUT2D eigenvalue weighted by Crippen LogP contribution is -2.51. The number of carbonyl (C=O) groups is 1. The van der Waals surface area contributed by atoms with Crippen molar-refractivity contribution >= 4 is 11.7 Å². The predicted octanol–water partition coefficient (Wildman–Crippen LogP) is 1.33. The van der Waals surface area contributed by atoms with Crippen LogP contribution in [0.1, 0.15) is 25.7 Å². The molecule has 1 aliphatic carbocycles. The smallest absolute Gasteiger partial charge is 0.248 e. The molecule has 1 saturated carbocycles. The Balaban J connectivity index is 1.28. The Labute approximate surface area is 152 Å². The van der Waals surface area contributed by atoms with Crippen molar-refractivity contribution in [2.75, 3.05) is 37.6 Å². The van der Waals surface area contributed by atoms with Crippen molar-refractivity contribution in [3.63, 3.8) is 0 Å². The van der Waals surface area contributed by atoms with Crippen LogP contribution < -0.4 is 10.2 Å². The maximum atomic E-state index is 13.4. The monoisotopic (exact) mass is 365 g/mol. The van der Waals surface area contributed by atoms with E-state index in [1.54, 1.807) is 18.5 Å². The average molecular weight is 365 g/mol. The highest BCUT2D eigenvalue weighted by Crippen LogP contribution is 2.40. The van der Waals surface area contributed by atoms with E-state index >= 15 is 0 Å². The summed E-state index contributed by atoms with van der Waals surface area (Å²) >= 11 is 0. The van der Waals surface area contributed by atoms with E-state index in [0.717, 1.165) is 45.1 Å². The van der Waals surface area contributed by atoms with Gasteiger partial charge in [0.2, 0.25) is 11.9 Å². The summed E-state index contributed by atoms with van der Waals surface area (Å²) in [7, 11) is 0. The largest absolute Gasteiger partial charge is 0.338 e. The van der Waals surface area contributed by atoms with Crippen molar-refractivity contribution in [1.29, 1.82) is 0 Å². The van der Waals surface area contributed by atoms with Gasteiger partial charge in [0.25, 0.3) is 0 Å². The van der Waals surface area contributed by atoms with Gasteiger partial charge in [-0.15, -0.1) is 0 Å². The van der Waals surface area contributed by atoms with Gasteiger partial charge >= 0.3 is 0 Å². The summed E-state index contributed by atoms with van der Waals surface area (Å²) in [5.41, 5.74) is 0. The number of nitrogens with one attached hydrogen (secondary N) is 1. The molecule has 0 spiro atoms. The van der Waals surface area contributed by atoms with E-state index < -0.39 is 11.8 Å². The molecule has 1 aromatic heterocycles. The standard InChI is InChI=1S/C18H25F2N5O/c19-18(20)3-2-13(11-18)16(26)15-10-14(12-23-15)24-6-8-25(9-7-24)17-21-4-1-5-22-17/h1,4-5,13-15,23H,2-3,6-12H2/t13?,14-,15-/m0/s1. The molecule has 26 heavy (non-hydrogen) atoms. The van der Waals surface area contributed by atoms with E-state index in [0.29, 0.717) is 12.5 Å². The topological polar surface area (TPSA) is 61.4 Å². The Hall–Kier alpha value is -1.67. The normalized spacial score (nSPS) is 32.1. The van der Waals surface area contributed by atoms with Crippen LogP contribution in [0.15, 0.2) is 18.5 Å². The Kier molecular flexibility index (Phi) is 4.88. The first kappa shape index (κ1) is 17.7. The number of hydrogen-bond donors (Lipinski definition) is 1. The highest BCUT2D eigenvalue weighted by Gasteiger charge is 2.45. The molecule has 0 bridgehead atoms. The second-order valence-corrected chi connectivity index (χ2v) is 7.62. The van der Waals surface area contributed by atoms with Gasteiger partial charge in [-0.2, -0.15) is 0 Å². The third kappa shape index (κ3) is 3.71. The first-order valence-electron chi connectivity index (χ1n) is 9.43. The maximum Gasteiger partial charge on any atom is 0.248 e. The molecule has 1 unspecified atom stereocenters. The number of nitrogens with zero attached hydrogens (tertiary/aromatic N) is 4. The SMILES string of the molecule is O=C(C1CCC(F)(F)C1)[C@@H]1C[C@H](N2CCN(c3ncccn3)CC2)CN1. The lowest BCUT2D eigenvalue weighted by Gasteiger charge is -2.37. The van der Waals surface area contributed by atoms with Crippen molar-refractivity contribution < 1.29 is 13.6 Å². The molecular formula is C18H25F2N5O. The Morgan fingerprint density at radius 1 is 1.19 bits per heavy atom. The van der Waals surface area contributed by atoms with Crippen LogP contribution in [0.2, 0.25) is 0 Å². The van der Waals surface area contributed by atoms with Crippen LogP contribution in [-0.4, -0.2) is 71.4 Å². The summed E-state index contributed by atoms with van der Waals surface area (Å²) in [6, 6.07) is 1.83. The molecule has 3 fully saturated rings. The van der Waals surface area contributed by atoms with Crippen molar-refractivity contribution in [3.05, 3.63) is 18.5 Å². The maximum absolute atomic E-state index is 13.4. The number of piperazine rings is 1. The Morgan fingerprint density at radius 2 is 1.92 bits per heavy atom. The molecule has 2 saturated heterocycles. The lowest BCUT2D eigenvalue weighted by molar-refractivity contribution is -0.125. The summed E-state index contributed by atoms with van der Waals surface area (Å²) in [6.07, 6.45) is 4.12. The molecule has 8 heteroatoms. The molecule has 3 aliphatic rings.